The number of nitrogens with two attached hydrogens (primary N) is 1. The third-order valence-electron chi connectivity index (χ3n) is 2.10. The van der Waals surface area contributed by atoms with Crippen molar-refractivity contribution in [3.05, 3.63) is 0 Å². The maximum atomic E-state index is 11.5. The molecule has 4 N–H and O–H groups in total. The molecule has 1 aliphatic heterocycles. The monoisotopic (exact) mass is 359 g/mol. The predicted octanol–water partition coefficient (Wildman–Crippen LogP) is -1.50. The molecule has 0 aromatic carbocycles. The van der Waals surface area contributed by atoms with Gasteiger partial charge in [0.1, 0.15) is 0 Å². The third-order valence-corrected chi connectivity index (χ3v) is 9.55. The topological polar surface area (TPSA) is 84.2 Å². The van der Waals surface area contributed by atoms with E-state index in [2.05, 4.69) is 10.6 Å². The van der Waals surface area contributed by atoms with E-state index in [9.17, 15) is 9.59 Å². The molecule has 2 amide bonds. The van der Waals surface area contributed by atoms with Gasteiger partial charge in [0.2, 0.25) is 0 Å². The van der Waals surface area contributed by atoms with Crippen LogP contribution in [0.15, 0.2) is 0 Å². The Morgan fingerprint density at radius 1 is 1.50 bits per heavy atom. The van der Waals surface area contributed by atoms with Crippen molar-refractivity contribution in [1.29, 1.82) is 0 Å². The summed E-state index contributed by atoms with van der Waals surface area (Å²) in [5, 5.41) is 7.86. The van der Waals surface area contributed by atoms with Crippen LogP contribution in [0.2, 0.25) is 10.6 Å². The normalized spacial score (nSPS) is 22.2. The SMILES string of the molecule is C[C@H](N)C(=O)NCC(=O)N[C@H]1CC[Se][Se]C1. The zero-order valence-corrected chi connectivity index (χ0v) is 12.6. The fraction of sp³-hybridized carbons (Fsp3) is 0.778. The van der Waals surface area contributed by atoms with Gasteiger partial charge < -0.3 is 0 Å². The Balaban J connectivity index is 2.17. The van der Waals surface area contributed by atoms with Gasteiger partial charge in [-0.15, -0.1) is 0 Å². The van der Waals surface area contributed by atoms with Crippen molar-refractivity contribution < 1.29 is 9.59 Å². The molecule has 1 heterocycles. The molecule has 0 spiro atoms. The molecule has 1 saturated heterocycles. The summed E-state index contributed by atoms with van der Waals surface area (Å²) in [6.07, 6.45) is 1.09. The van der Waals surface area contributed by atoms with Crippen molar-refractivity contribution >= 4 is 38.1 Å². The average Bonchev–Trinajstić information content (AvgIpc) is 2.27. The first-order chi connectivity index (χ1) is 7.59. The van der Waals surface area contributed by atoms with E-state index in [0.29, 0.717) is 6.04 Å². The fourth-order valence-corrected chi connectivity index (χ4v) is 8.47. The van der Waals surface area contributed by atoms with Gasteiger partial charge >= 0.3 is 107 Å². The number of nitrogens with one attached hydrogen (secondary N) is 2. The Labute approximate surface area is 107 Å². The molecular weight excluding hydrogens is 340 g/mol. The van der Waals surface area contributed by atoms with Gasteiger partial charge in [0.15, 0.2) is 0 Å². The Morgan fingerprint density at radius 3 is 2.81 bits per heavy atom. The van der Waals surface area contributed by atoms with Crippen molar-refractivity contribution in [2.75, 3.05) is 6.54 Å². The Hall–Kier alpha value is -0.0610. The number of hydrogen-bond acceptors (Lipinski definition) is 3. The van der Waals surface area contributed by atoms with Gasteiger partial charge in [0.05, 0.1) is 0 Å². The summed E-state index contributed by atoms with van der Waals surface area (Å²) < 4.78 is 0. The second kappa shape index (κ2) is 7.30. The quantitative estimate of drug-likeness (QED) is 0.536. The minimum atomic E-state index is -0.562. The maximum absolute atomic E-state index is 11.5. The van der Waals surface area contributed by atoms with Crippen LogP contribution < -0.4 is 16.4 Å². The molecule has 0 bridgehead atoms. The number of hydrogen-bond donors (Lipinski definition) is 3. The van der Waals surface area contributed by atoms with Gasteiger partial charge in [-0.1, -0.05) is 0 Å². The predicted molar refractivity (Wildman–Crippen MR) is 64.3 cm³/mol. The van der Waals surface area contributed by atoms with Crippen LogP contribution in [0.1, 0.15) is 13.3 Å². The molecule has 0 radical (unpaired) electrons. The molecule has 1 aliphatic rings. The molecule has 5 nitrogen and oxygen atoms in total. The van der Waals surface area contributed by atoms with Crippen LogP contribution in [-0.4, -0.2) is 56.7 Å². The molecule has 92 valence electrons. The summed E-state index contributed by atoms with van der Waals surface area (Å²) >= 11 is 1.57. The molecule has 0 unspecified atom stereocenters. The Bertz CT molecular complexity index is 255. The summed E-state index contributed by atoms with van der Waals surface area (Å²) in [5.74, 6) is -0.393. The van der Waals surface area contributed by atoms with Crippen LogP contribution >= 0.6 is 0 Å². The average molecular weight is 357 g/mol. The second-order valence-corrected chi connectivity index (χ2v) is 11.4. The van der Waals surface area contributed by atoms with Gasteiger partial charge in [0.25, 0.3) is 0 Å². The van der Waals surface area contributed by atoms with Gasteiger partial charge in [-0.25, -0.2) is 0 Å². The molecule has 0 aliphatic carbocycles. The van der Waals surface area contributed by atoms with Crippen LogP contribution in [0.25, 0.3) is 0 Å². The standard InChI is InChI=1S/C9H17N3O2Se2/c1-6(10)9(14)11-4-8(13)12-7-2-3-15-16-5-7/h6-7H,2-5,10H2,1H3,(H,11,14)(H,12,13)/t6-,7-/m0/s1. The van der Waals surface area contributed by atoms with Crippen molar-refractivity contribution in [2.45, 2.75) is 36.1 Å². The van der Waals surface area contributed by atoms with E-state index < -0.39 is 6.04 Å². The molecule has 0 saturated carbocycles. The first kappa shape index (κ1) is 14.0. The van der Waals surface area contributed by atoms with E-state index in [1.165, 1.54) is 5.32 Å². The van der Waals surface area contributed by atoms with Crippen molar-refractivity contribution in [1.82, 2.24) is 10.6 Å². The molecular formula is C9H17N3O2Se2. The molecule has 0 aromatic heterocycles. The van der Waals surface area contributed by atoms with Crippen LogP contribution in [0.4, 0.5) is 0 Å². The van der Waals surface area contributed by atoms with Crippen molar-refractivity contribution in [2.24, 2.45) is 5.73 Å². The van der Waals surface area contributed by atoms with Crippen LogP contribution in [0.5, 0.6) is 0 Å². The van der Waals surface area contributed by atoms with E-state index in [4.69, 9.17) is 5.73 Å². The molecule has 1 fully saturated rings. The number of rotatable bonds is 4. The summed E-state index contributed by atoms with van der Waals surface area (Å²) in [5.41, 5.74) is 5.37. The fourth-order valence-electron chi connectivity index (χ4n) is 1.18. The molecule has 1 rings (SSSR count). The van der Waals surface area contributed by atoms with Crippen LogP contribution in [-0.2, 0) is 9.59 Å². The van der Waals surface area contributed by atoms with E-state index in [-0.39, 0.29) is 18.4 Å². The summed E-state index contributed by atoms with van der Waals surface area (Å²) in [4.78, 5) is 22.6. The second-order valence-electron chi connectivity index (χ2n) is 3.67. The third kappa shape index (κ3) is 5.32. The minimum absolute atomic E-state index is 0.0367. The first-order valence-corrected chi connectivity index (χ1v) is 11.9. The van der Waals surface area contributed by atoms with Gasteiger partial charge in [-0.2, -0.15) is 0 Å². The summed E-state index contributed by atoms with van der Waals surface area (Å²) in [7, 11) is 0. The van der Waals surface area contributed by atoms with Crippen LogP contribution in [0, 0.1) is 0 Å². The Morgan fingerprint density at radius 2 is 2.25 bits per heavy atom. The number of carbonyl (C=O) groups is 2. The van der Waals surface area contributed by atoms with Crippen molar-refractivity contribution in [3.63, 3.8) is 0 Å². The zero-order chi connectivity index (χ0) is 12.0. The molecule has 16 heavy (non-hydrogen) atoms. The Kier molecular flexibility index (Phi) is 6.39. The van der Waals surface area contributed by atoms with Gasteiger partial charge in [-0.3, -0.25) is 0 Å². The summed E-state index contributed by atoms with van der Waals surface area (Å²) in [6.45, 7) is 1.63. The van der Waals surface area contributed by atoms with E-state index in [1.807, 2.05) is 0 Å². The first-order valence-electron chi connectivity index (χ1n) is 5.16. The zero-order valence-electron chi connectivity index (χ0n) is 9.19. The molecule has 7 heteroatoms. The van der Waals surface area contributed by atoms with Gasteiger partial charge in [-0.05, 0) is 0 Å². The van der Waals surface area contributed by atoms with Gasteiger partial charge in [0, 0.05) is 0 Å². The van der Waals surface area contributed by atoms with E-state index in [0.717, 1.165) is 38.0 Å². The van der Waals surface area contributed by atoms with E-state index >= 15 is 0 Å². The van der Waals surface area contributed by atoms with E-state index in [1.54, 1.807) is 6.92 Å². The molecule has 2 atom stereocenters. The van der Waals surface area contributed by atoms with Crippen molar-refractivity contribution in [3.8, 4) is 0 Å². The summed E-state index contributed by atoms with van der Waals surface area (Å²) in [6, 6.07) is -0.233. The number of carbonyl (C=O) groups excluding carboxylic acids is 2. The molecule has 0 aromatic rings. The number of amides is 2. The van der Waals surface area contributed by atoms with Crippen LogP contribution in [0.3, 0.4) is 0 Å².